The number of likely N-dealkylation sites (tertiary alicyclic amines) is 1. The molecule has 2 atom stereocenters. The van der Waals surface area contributed by atoms with E-state index in [1.807, 2.05) is 31.3 Å². The van der Waals surface area contributed by atoms with Crippen LogP contribution >= 0.6 is 0 Å². The van der Waals surface area contributed by atoms with Crippen molar-refractivity contribution in [1.29, 1.82) is 0 Å². The van der Waals surface area contributed by atoms with Gasteiger partial charge in [0.2, 0.25) is 0 Å². The van der Waals surface area contributed by atoms with Gasteiger partial charge in [-0.25, -0.2) is 4.98 Å². The normalized spacial score (nSPS) is 22.8. The second kappa shape index (κ2) is 5.65. The number of carbonyl (C=O) groups is 1. The molecule has 0 spiro atoms. The number of aromatic hydroxyl groups is 1. The molecule has 0 radical (unpaired) electrons. The van der Waals surface area contributed by atoms with E-state index in [1.54, 1.807) is 12.1 Å². The molecule has 1 N–H and O–H groups in total. The third-order valence-corrected chi connectivity index (χ3v) is 5.61. The molecule has 1 fully saturated rings. The van der Waals surface area contributed by atoms with Crippen molar-refractivity contribution in [3.63, 3.8) is 0 Å². The minimum absolute atomic E-state index is 0.0393. The van der Waals surface area contributed by atoms with E-state index in [1.165, 1.54) is 11.4 Å². The van der Waals surface area contributed by atoms with E-state index in [-0.39, 0.29) is 17.7 Å². The summed E-state index contributed by atoms with van der Waals surface area (Å²) in [6.07, 6.45) is 5.95. The summed E-state index contributed by atoms with van der Waals surface area (Å²) in [5.74, 6) is 0.524. The molecule has 1 amide bonds. The number of benzene rings is 1. The molecular weight excluding hydrogens is 302 g/mol. The van der Waals surface area contributed by atoms with Crippen LogP contribution in [0.2, 0.25) is 0 Å². The summed E-state index contributed by atoms with van der Waals surface area (Å²) in [6, 6.07) is 5.25. The second-order valence-electron chi connectivity index (χ2n) is 7.04. The number of phenolic OH excluding ortho intramolecular Hbond substituents is 1. The maximum Gasteiger partial charge on any atom is 0.254 e. The average molecular weight is 325 g/mol. The molecule has 24 heavy (non-hydrogen) atoms. The van der Waals surface area contributed by atoms with Gasteiger partial charge in [0.05, 0.1) is 12.0 Å². The predicted octanol–water partition coefficient (Wildman–Crippen LogP) is 2.77. The van der Waals surface area contributed by atoms with Crippen LogP contribution in [0.4, 0.5) is 0 Å². The Labute approximate surface area is 141 Å². The van der Waals surface area contributed by atoms with Crippen LogP contribution in [0.15, 0.2) is 24.5 Å². The molecule has 1 aliphatic heterocycles. The highest BCUT2D eigenvalue weighted by molar-refractivity contribution is 5.96. The first-order valence-corrected chi connectivity index (χ1v) is 8.67. The van der Waals surface area contributed by atoms with Crippen LogP contribution in [0.3, 0.4) is 0 Å². The molecule has 1 aliphatic carbocycles. The van der Waals surface area contributed by atoms with Gasteiger partial charge in [-0.1, -0.05) is 6.07 Å². The van der Waals surface area contributed by atoms with Crippen LogP contribution in [-0.2, 0) is 13.5 Å². The van der Waals surface area contributed by atoms with Crippen LogP contribution in [0.1, 0.15) is 52.5 Å². The first-order chi connectivity index (χ1) is 11.6. The summed E-state index contributed by atoms with van der Waals surface area (Å²) >= 11 is 0. The average Bonchev–Trinajstić information content (AvgIpc) is 2.97. The van der Waals surface area contributed by atoms with Gasteiger partial charge in [-0.3, -0.25) is 4.79 Å². The number of rotatable bonds is 1. The van der Waals surface area contributed by atoms with E-state index in [0.717, 1.165) is 37.8 Å². The summed E-state index contributed by atoms with van der Waals surface area (Å²) in [6.45, 7) is 2.71. The number of hydrogen-bond donors (Lipinski definition) is 1. The van der Waals surface area contributed by atoms with E-state index in [0.29, 0.717) is 11.5 Å². The van der Waals surface area contributed by atoms with Crippen LogP contribution in [0.25, 0.3) is 0 Å². The number of carbonyl (C=O) groups excluding carboxylic acids is 1. The van der Waals surface area contributed by atoms with E-state index in [2.05, 4.69) is 9.55 Å². The Morgan fingerprint density at radius 2 is 2.17 bits per heavy atom. The van der Waals surface area contributed by atoms with Crippen molar-refractivity contribution < 1.29 is 9.90 Å². The van der Waals surface area contributed by atoms with Crippen molar-refractivity contribution in [2.45, 2.75) is 44.6 Å². The largest absolute Gasteiger partial charge is 0.508 e. The van der Waals surface area contributed by atoms with Crippen molar-refractivity contribution in [2.24, 2.45) is 7.05 Å². The van der Waals surface area contributed by atoms with Gasteiger partial charge in [-0.2, -0.15) is 0 Å². The Kier molecular flexibility index (Phi) is 3.59. The number of hydrogen-bond acceptors (Lipinski definition) is 3. The number of fused-ring (bicyclic) bond motifs is 3. The van der Waals surface area contributed by atoms with Crippen LogP contribution < -0.4 is 0 Å². The minimum atomic E-state index is 0.0393. The molecule has 2 aromatic rings. The summed E-state index contributed by atoms with van der Waals surface area (Å²) in [5, 5.41) is 9.77. The minimum Gasteiger partial charge on any atom is -0.508 e. The molecule has 1 aromatic heterocycles. The summed E-state index contributed by atoms with van der Waals surface area (Å²) < 4.78 is 2.12. The lowest BCUT2D eigenvalue weighted by Crippen LogP contribution is -2.49. The number of nitrogens with zero attached hydrogens (tertiary/aromatic N) is 3. The maximum absolute atomic E-state index is 13.1. The zero-order valence-corrected chi connectivity index (χ0v) is 14.2. The van der Waals surface area contributed by atoms with Gasteiger partial charge in [-0.05, 0) is 50.3 Å². The van der Waals surface area contributed by atoms with Gasteiger partial charge in [-0.15, -0.1) is 0 Å². The van der Waals surface area contributed by atoms with Crippen molar-refractivity contribution in [1.82, 2.24) is 14.5 Å². The van der Waals surface area contributed by atoms with Gasteiger partial charge in [0.1, 0.15) is 5.75 Å². The fourth-order valence-corrected chi connectivity index (χ4v) is 4.35. The molecule has 0 saturated carbocycles. The molecule has 5 nitrogen and oxygen atoms in total. The number of aromatic nitrogens is 2. The highest BCUT2D eigenvalue weighted by Crippen LogP contribution is 2.40. The van der Waals surface area contributed by atoms with E-state index >= 15 is 0 Å². The van der Waals surface area contributed by atoms with Gasteiger partial charge in [0, 0.05) is 36.8 Å². The lowest BCUT2D eigenvalue weighted by atomic mass is 9.78. The molecule has 2 heterocycles. The van der Waals surface area contributed by atoms with Crippen molar-refractivity contribution >= 4 is 5.91 Å². The van der Waals surface area contributed by atoms with Gasteiger partial charge in [0.25, 0.3) is 5.91 Å². The first kappa shape index (κ1) is 15.2. The molecule has 1 aromatic carbocycles. The molecule has 2 unspecified atom stereocenters. The Morgan fingerprint density at radius 1 is 1.33 bits per heavy atom. The van der Waals surface area contributed by atoms with E-state index < -0.39 is 0 Å². The lowest BCUT2D eigenvalue weighted by Gasteiger charge is -2.43. The van der Waals surface area contributed by atoms with Gasteiger partial charge < -0.3 is 14.6 Å². The Morgan fingerprint density at radius 3 is 3.00 bits per heavy atom. The van der Waals surface area contributed by atoms with Gasteiger partial charge in [0.15, 0.2) is 0 Å². The highest BCUT2D eigenvalue weighted by Gasteiger charge is 2.40. The molecule has 2 aliphatic rings. The summed E-state index contributed by atoms with van der Waals surface area (Å²) in [4.78, 5) is 19.8. The quantitative estimate of drug-likeness (QED) is 0.877. The van der Waals surface area contributed by atoms with Crippen molar-refractivity contribution in [2.75, 3.05) is 6.54 Å². The smallest absolute Gasteiger partial charge is 0.254 e. The Balaban J connectivity index is 1.67. The molecule has 126 valence electrons. The molecular formula is C19H23N3O2. The molecule has 1 saturated heterocycles. The van der Waals surface area contributed by atoms with Crippen molar-refractivity contribution in [3.05, 3.63) is 47.0 Å². The van der Waals surface area contributed by atoms with E-state index in [4.69, 9.17) is 0 Å². The fourth-order valence-electron chi connectivity index (χ4n) is 4.35. The summed E-state index contributed by atoms with van der Waals surface area (Å²) in [5.41, 5.74) is 4.02. The third kappa shape index (κ3) is 2.30. The second-order valence-corrected chi connectivity index (χ2v) is 7.04. The standard InChI is InChI=1S/C19H23N3O2/c1-12-5-6-13(23)10-15(12)19(24)22-9-3-4-14-16(22)7-8-17-18(14)20-11-21(17)2/h5-6,10-11,14,16,23H,3-4,7-9H2,1-2H3. The zero-order valence-electron chi connectivity index (χ0n) is 14.2. The fraction of sp³-hybridized carbons (Fsp3) is 0.474. The molecule has 0 bridgehead atoms. The van der Waals surface area contributed by atoms with Gasteiger partial charge >= 0.3 is 0 Å². The monoisotopic (exact) mass is 325 g/mol. The van der Waals surface area contributed by atoms with E-state index in [9.17, 15) is 9.90 Å². The topological polar surface area (TPSA) is 58.4 Å². The predicted molar refractivity (Wildman–Crippen MR) is 91.2 cm³/mol. The molecule has 4 rings (SSSR count). The first-order valence-electron chi connectivity index (χ1n) is 8.67. The van der Waals surface area contributed by atoms with Crippen LogP contribution in [0.5, 0.6) is 5.75 Å². The number of phenols is 1. The number of amides is 1. The number of aryl methyl sites for hydroxylation is 2. The summed E-state index contributed by atoms with van der Waals surface area (Å²) in [7, 11) is 2.05. The lowest BCUT2D eigenvalue weighted by molar-refractivity contribution is 0.0541. The van der Waals surface area contributed by atoms with Crippen LogP contribution in [0, 0.1) is 6.92 Å². The number of imidazole rings is 1. The zero-order chi connectivity index (χ0) is 16.8. The number of piperidine rings is 1. The highest BCUT2D eigenvalue weighted by atomic mass is 16.3. The Bertz CT molecular complexity index is 796. The third-order valence-electron chi connectivity index (χ3n) is 5.61. The van der Waals surface area contributed by atoms with Crippen LogP contribution in [-0.4, -0.2) is 38.1 Å². The Hall–Kier alpha value is -2.30. The maximum atomic E-state index is 13.1. The van der Waals surface area contributed by atoms with Crippen molar-refractivity contribution in [3.8, 4) is 5.75 Å². The SMILES string of the molecule is Cc1ccc(O)cc1C(=O)N1CCCC2c3ncn(C)c3CCC21. The molecule has 5 heteroatoms.